The number of pyridine rings is 1. The highest BCUT2D eigenvalue weighted by Crippen LogP contribution is 2.49. The van der Waals surface area contributed by atoms with Crippen LogP contribution in [0.3, 0.4) is 0 Å². The van der Waals surface area contributed by atoms with Gasteiger partial charge in [-0.1, -0.05) is 17.7 Å². The molecule has 3 nitrogen and oxygen atoms in total. The summed E-state index contributed by atoms with van der Waals surface area (Å²) in [7, 11) is 0. The zero-order chi connectivity index (χ0) is 19.2. The van der Waals surface area contributed by atoms with Crippen LogP contribution in [0.5, 0.6) is 0 Å². The number of aryl methyl sites for hydroxylation is 1. The Kier molecular flexibility index (Phi) is 5.14. The topological polar surface area (TPSA) is 50.9 Å². The Bertz CT molecular complexity index is 956. The third kappa shape index (κ3) is 3.58. The highest BCUT2D eigenvalue weighted by molar-refractivity contribution is 7.20. The molecule has 1 fully saturated rings. The zero-order valence-electron chi connectivity index (χ0n) is 14.8. The van der Waals surface area contributed by atoms with E-state index in [2.05, 4.69) is 10.3 Å². The fourth-order valence-electron chi connectivity index (χ4n) is 3.78. The van der Waals surface area contributed by atoms with Gasteiger partial charge < -0.3 is 11.1 Å². The van der Waals surface area contributed by atoms with Crippen molar-refractivity contribution in [2.75, 3.05) is 5.32 Å². The number of fused-ring (bicyclic) bond motifs is 1. The third-order valence-electron chi connectivity index (χ3n) is 5.12. The minimum Gasteiger partial charge on any atom is -0.379 e. The van der Waals surface area contributed by atoms with Gasteiger partial charge in [0.2, 0.25) is 0 Å². The van der Waals surface area contributed by atoms with Crippen LogP contribution in [0.15, 0.2) is 23.6 Å². The highest BCUT2D eigenvalue weighted by Gasteiger charge is 2.48. The quantitative estimate of drug-likeness (QED) is 0.490. The van der Waals surface area contributed by atoms with Crippen molar-refractivity contribution >= 4 is 50.2 Å². The lowest BCUT2D eigenvalue weighted by atomic mass is 9.80. The van der Waals surface area contributed by atoms with Gasteiger partial charge in [-0.25, -0.2) is 13.8 Å². The Morgan fingerprint density at radius 2 is 2.26 bits per heavy atom. The molecule has 0 radical (unpaired) electrons. The van der Waals surface area contributed by atoms with Crippen LogP contribution in [0.2, 0.25) is 5.15 Å². The van der Waals surface area contributed by atoms with Gasteiger partial charge in [0.05, 0.1) is 21.8 Å². The van der Waals surface area contributed by atoms with E-state index in [1.807, 2.05) is 24.4 Å². The molecule has 0 unspecified atom stereocenters. The molecule has 2 atom stereocenters. The SMILES string of the molecule is Cc1c([C@@H]2[C@@H](N)CCCC2(F)F)sc2c(NCc3cccs3)cc(Cl)nc12. The second-order valence-corrected chi connectivity index (χ2v) is 9.46. The smallest absolute Gasteiger partial charge is 0.257 e. The number of halogens is 3. The van der Waals surface area contributed by atoms with Crippen LogP contribution >= 0.6 is 34.3 Å². The molecule has 144 valence electrons. The van der Waals surface area contributed by atoms with Crippen molar-refractivity contribution in [2.24, 2.45) is 5.73 Å². The van der Waals surface area contributed by atoms with Crippen molar-refractivity contribution in [2.45, 2.75) is 50.6 Å². The number of thiophene rings is 2. The summed E-state index contributed by atoms with van der Waals surface area (Å²) in [5.74, 6) is -3.76. The molecule has 3 heterocycles. The molecule has 8 heteroatoms. The summed E-state index contributed by atoms with van der Waals surface area (Å²) in [6, 6.07) is 5.26. The molecule has 1 saturated carbocycles. The molecule has 27 heavy (non-hydrogen) atoms. The van der Waals surface area contributed by atoms with Crippen LogP contribution < -0.4 is 11.1 Å². The monoisotopic (exact) mass is 427 g/mol. The van der Waals surface area contributed by atoms with E-state index in [0.29, 0.717) is 34.9 Å². The summed E-state index contributed by atoms with van der Waals surface area (Å²) < 4.78 is 30.2. The first-order valence-electron chi connectivity index (χ1n) is 8.86. The number of nitrogens with two attached hydrogens (primary N) is 1. The van der Waals surface area contributed by atoms with Gasteiger partial charge in [0, 0.05) is 34.8 Å². The van der Waals surface area contributed by atoms with Crippen molar-refractivity contribution in [3.8, 4) is 0 Å². The van der Waals surface area contributed by atoms with Crippen molar-refractivity contribution < 1.29 is 8.78 Å². The van der Waals surface area contributed by atoms with Gasteiger partial charge in [-0.05, 0) is 36.8 Å². The van der Waals surface area contributed by atoms with E-state index >= 15 is 0 Å². The number of hydrogen-bond donors (Lipinski definition) is 2. The summed E-state index contributed by atoms with van der Waals surface area (Å²) in [5.41, 5.74) is 8.41. The standard InChI is InChI=1S/C19H20ClF2N3S2/c1-10-16-18(27-17(10)15-12(23)5-2-6-19(15,21)22)13(8-14(20)25-16)24-9-11-4-3-7-26-11/h3-4,7-8,12,15H,2,5-6,9,23H2,1H3,(H,24,25)/t12-,15-/m0/s1. The first kappa shape index (κ1) is 19.1. The minimum absolute atomic E-state index is 0.114. The normalized spacial score (nSPS) is 22.3. The van der Waals surface area contributed by atoms with Crippen LogP contribution in [0.25, 0.3) is 10.2 Å². The molecule has 0 aliphatic heterocycles. The number of nitrogens with one attached hydrogen (secondary N) is 1. The van der Waals surface area contributed by atoms with E-state index in [9.17, 15) is 8.78 Å². The molecule has 3 aromatic heterocycles. The molecule has 0 amide bonds. The number of rotatable bonds is 4. The van der Waals surface area contributed by atoms with Gasteiger partial charge in [0.1, 0.15) is 5.15 Å². The van der Waals surface area contributed by atoms with E-state index in [4.69, 9.17) is 17.3 Å². The summed E-state index contributed by atoms with van der Waals surface area (Å²) >= 11 is 9.25. The van der Waals surface area contributed by atoms with Crippen LogP contribution in [-0.2, 0) is 6.54 Å². The fourth-order valence-corrected chi connectivity index (χ4v) is 6.10. The van der Waals surface area contributed by atoms with E-state index < -0.39 is 17.9 Å². The number of anilines is 1. The molecule has 0 aromatic carbocycles. The predicted molar refractivity (Wildman–Crippen MR) is 111 cm³/mol. The maximum Gasteiger partial charge on any atom is 0.257 e. The Hall–Kier alpha value is -1.28. The van der Waals surface area contributed by atoms with Crippen LogP contribution in [0.1, 0.15) is 40.5 Å². The van der Waals surface area contributed by atoms with Gasteiger partial charge in [-0.3, -0.25) is 0 Å². The van der Waals surface area contributed by atoms with Gasteiger partial charge >= 0.3 is 0 Å². The summed E-state index contributed by atoms with van der Waals surface area (Å²) in [6.45, 7) is 2.50. The summed E-state index contributed by atoms with van der Waals surface area (Å²) in [6.07, 6.45) is 0.967. The van der Waals surface area contributed by atoms with Crippen molar-refractivity contribution in [1.82, 2.24) is 4.98 Å². The van der Waals surface area contributed by atoms with Crippen LogP contribution in [0.4, 0.5) is 14.5 Å². The lowest BCUT2D eigenvalue weighted by molar-refractivity contribution is -0.0603. The Morgan fingerprint density at radius 1 is 1.44 bits per heavy atom. The number of hydrogen-bond acceptors (Lipinski definition) is 5. The van der Waals surface area contributed by atoms with E-state index in [-0.39, 0.29) is 6.42 Å². The van der Waals surface area contributed by atoms with Crippen LogP contribution in [-0.4, -0.2) is 16.9 Å². The highest BCUT2D eigenvalue weighted by atomic mass is 35.5. The lowest BCUT2D eigenvalue weighted by Crippen LogP contribution is -2.43. The third-order valence-corrected chi connectivity index (χ3v) is 7.59. The van der Waals surface area contributed by atoms with Crippen molar-refractivity contribution in [3.05, 3.63) is 44.1 Å². The van der Waals surface area contributed by atoms with Gasteiger partial charge in [-0.15, -0.1) is 22.7 Å². The molecule has 1 aliphatic carbocycles. The predicted octanol–water partition coefficient (Wildman–Crippen LogP) is 6.16. The van der Waals surface area contributed by atoms with Gasteiger partial charge in [0.15, 0.2) is 0 Å². The molecule has 0 bridgehead atoms. The van der Waals surface area contributed by atoms with E-state index in [0.717, 1.165) is 16.0 Å². The first-order chi connectivity index (χ1) is 12.9. The molecule has 0 spiro atoms. The molecular weight excluding hydrogens is 408 g/mol. The number of nitrogens with zero attached hydrogens (tertiary/aromatic N) is 1. The van der Waals surface area contributed by atoms with Crippen LogP contribution in [0, 0.1) is 6.92 Å². The van der Waals surface area contributed by atoms with Crippen molar-refractivity contribution in [1.29, 1.82) is 0 Å². The summed E-state index contributed by atoms with van der Waals surface area (Å²) in [5, 5.41) is 5.75. The Morgan fingerprint density at radius 3 is 2.96 bits per heavy atom. The zero-order valence-corrected chi connectivity index (χ0v) is 17.2. The van der Waals surface area contributed by atoms with E-state index in [1.165, 1.54) is 16.2 Å². The Labute approximate surface area is 169 Å². The van der Waals surface area contributed by atoms with Crippen molar-refractivity contribution in [3.63, 3.8) is 0 Å². The van der Waals surface area contributed by atoms with E-state index in [1.54, 1.807) is 17.4 Å². The minimum atomic E-state index is -2.79. The van der Waals surface area contributed by atoms with Gasteiger partial charge in [-0.2, -0.15) is 0 Å². The second kappa shape index (κ2) is 7.28. The maximum atomic E-state index is 14.7. The maximum absolute atomic E-state index is 14.7. The summed E-state index contributed by atoms with van der Waals surface area (Å²) in [4.78, 5) is 6.24. The average Bonchev–Trinajstić information content (AvgIpc) is 3.22. The molecule has 0 saturated heterocycles. The fraction of sp³-hybridized carbons (Fsp3) is 0.421. The largest absolute Gasteiger partial charge is 0.379 e. The van der Waals surface area contributed by atoms with Gasteiger partial charge in [0.25, 0.3) is 5.92 Å². The molecule has 3 N–H and O–H groups in total. The molecule has 1 aliphatic rings. The molecule has 3 aromatic rings. The first-order valence-corrected chi connectivity index (χ1v) is 10.9. The molecular formula is C19H20ClF2N3S2. The lowest BCUT2D eigenvalue weighted by Gasteiger charge is -2.35. The average molecular weight is 428 g/mol. The Balaban J connectivity index is 1.77. The second-order valence-electron chi connectivity index (χ2n) is 6.99. The number of aromatic nitrogens is 1. The molecule has 4 rings (SSSR count). The number of alkyl halides is 2.